The molecule has 10 nitrogen and oxygen atoms in total. The van der Waals surface area contributed by atoms with E-state index in [1.54, 1.807) is 17.9 Å². The molecular weight excluding hydrogens is 508 g/mol. The number of benzene rings is 1. The molecule has 0 saturated heterocycles. The zero-order valence-electron chi connectivity index (χ0n) is 21.7. The van der Waals surface area contributed by atoms with Crippen molar-refractivity contribution in [1.82, 2.24) is 19.4 Å². The summed E-state index contributed by atoms with van der Waals surface area (Å²) in [6.45, 7) is 7.69. The number of carbonyl (C=O) groups is 1. The summed E-state index contributed by atoms with van der Waals surface area (Å²) in [7, 11) is 1.61. The number of methoxy groups -OCH3 is 1. The van der Waals surface area contributed by atoms with E-state index in [4.69, 9.17) is 14.3 Å². The lowest BCUT2D eigenvalue weighted by Gasteiger charge is -2.18. The molecule has 1 aromatic carbocycles. The highest BCUT2D eigenvalue weighted by Crippen LogP contribution is 2.35. The van der Waals surface area contributed by atoms with Gasteiger partial charge in [-0.1, -0.05) is 24.3 Å². The number of aliphatic hydroxyl groups is 1. The van der Waals surface area contributed by atoms with Crippen molar-refractivity contribution in [2.75, 3.05) is 20.3 Å². The Morgan fingerprint density at radius 1 is 1.32 bits per heavy atom. The smallest absolute Gasteiger partial charge is 0.332 e. The van der Waals surface area contributed by atoms with Crippen LogP contribution in [0, 0.1) is 6.92 Å². The Hall–Kier alpha value is -3.96. The number of oxazole rings is 1. The molecule has 0 spiro atoms. The van der Waals surface area contributed by atoms with Gasteiger partial charge in [0.1, 0.15) is 16.8 Å². The fourth-order valence-corrected chi connectivity index (χ4v) is 5.37. The van der Waals surface area contributed by atoms with E-state index in [9.17, 15) is 14.4 Å². The van der Waals surface area contributed by atoms with Gasteiger partial charge in [0.05, 0.1) is 30.2 Å². The Labute approximate surface area is 223 Å². The summed E-state index contributed by atoms with van der Waals surface area (Å²) in [5.74, 6) is 1.16. The van der Waals surface area contributed by atoms with Crippen LogP contribution in [0.25, 0.3) is 21.0 Å². The van der Waals surface area contributed by atoms with Crippen LogP contribution in [0.2, 0.25) is 0 Å². The molecule has 0 radical (unpaired) electrons. The molecule has 4 aromatic rings. The number of para-hydroxylation sites is 1. The molecule has 0 aliphatic carbocycles. The molecule has 202 valence electrons. The van der Waals surface area contributed by atoms with E-state index in [0.717, 1.165) is 21.8 Å². The maximum atomic E-state index is 13.6. The SMILES string of the molecule is C=CCO.COc1ccccc1CCn1c(=O)n(C(C)CCNC=O)c(=O)c2c(C)c(-c3ncco3)sc21. The third kappa shape index (κ3) is 6.12. The van der Waals surface area contributed by atoms with E-state index in [1.165, 1.54) is 28.2 Å². The van der Waals surface area contributed by atoms with Crippen molar-refractivity contribution in [3.63, 3.8) is 0 Å². The fraction of sp³-hybridized carbons (Fsp3) is 0.333. The van der Waals surface area contributed by atoms with Gasteiger partial charge in [0.2, 0.25) is 12.3 Å². The number of thiophene rings is 1. The number of amides is 1. The molecule has 3 aromatic heterocycles. The van der Waals surface area contributed by atoms with Gasteiger partial charge < -0.3 is 19.6 Å². The van der Waals surface area contributed by atoms with E-state index < -0.39 is 6.04 Å². The molecule has 0 aliphatic rings. The number of hydrogen-bond acceptors (Lipinski definition) is 8. The Balaban J connectivity index is 0.000000934. The van der Waals surface area contributed by atoms with Gasteiger partial charge in [-0.15, -0.1) is 17.9 Å². The van der Waals surface area contributed by atoms with Gasteiger partial charge in [0, 0.05) is 19.1 Å². The zero-order valence-corrected chi connectivity index (χ0v) is 22.5. The van der Waals surface area contributed by atoms with Crippen LogP contribution < -0.4 is 21.3 Å². The average Bonchev–Trinajstić information content (AvgIpc) is 3.57. The second kappa shape index (κ2) is 13.5. The quantitative estimate of drug-likeness (QED) is 0.170. The van der Waals surface area contributed by atoms with Gasteiger partial charge in [-0.25, -0.2) is 9.78 Å². The standard InChI is InChI=1S/C24H26N4O5S.C3H6O/c1-15(8-10-25-14-29)28-22(30)19-16(2)20(21-26-11-13-33-21)34-23(19)27(24(28)31)12-9-17-6-4-5-7-18(17)32-3;1-2-3-4/h4-7,11,13-15H,8-10,12H2,1-3H3,(H,25,29);2,4H,1,3H2. The van der Waals surface area contributed by atoms with Gasteiger partial charge in [0.25, 0.3) is 5.56 Å². The van der Waals surface area contributed by atoms with E-state index in [-0.39, 0.29) is 17.9 Å². The third-order valence-corrected chi connectivity index (χ3v) is 7.33. The van der Waals surface area contributed by atoms with E-state index >= 15 is 0 Å². The van der Waals surface area contributed by atoms with Gasteiger partial charge in [-0.2, -0.15) is 0 Å². The minimum atomic E-state index is -0.404. The normalized spacial score (nSPS) is 11.5. The number of nitrogens with one attached hydrogen (secondary N) is 1. The highest BCUT2D eigenvalue weighted by molar-refractivity contribution is 7.22. The number of aryl methyl sites for hydroxylation is 3. The first-order valence-corrected chi connectivity index (χ1v) is 12.9. The monoisotopic (exact) mass is 540 g/mol. The molecule has 4 rings (SSSR count). The summed E-state index contributed by atoms with van der Waals surface area (Å²) >= 11 is 1.33. The Kier molecular flexibility index (Phi) is 10.2. The van der Waals surface area contributed by atoms with Crippen LogP contribution >= 0.6 is 11.3 Å². The van der Waals surface area contributed by atoms with E-state index in [2.05, 4.69) is 16.9 Å². The van der Waals surface area contributed by atoms with Crippen LogP contribution in [0.5, 0.6) is 5.75 Å². The zero-order chi connectivity index (χ0) is 27.7. The predicted octanol–water partition coefficient (Wildman–Crippen LogP) is 3.30. The van der Waals surface area contributed by atoms with Crippen molar-refractivity contribution in [3.05, 3.63) is 81.3 Å². The van der Waals surface area contributed by atoms with Crippen LogP contribution in [-0.2, 0) is 17.8 Å². The minimum Gasteiger partial charge on any atom is -0.496 e. The molecule has 0 fully saturated rings. The van der Waals surface area contributed by atoms with Crippen molar-refractivity contribution in [3.8, 4) is 16.5 Å². The predicted molar refractivity (Wildman–Crippen MR) is 148 cm³/mol. The van der Waals surface area contributed by atoms with Gasteiger partial charge in [-0.05, 0) is 43.9 Å². The minimum absolute atomic E-state index is 0.0833. The number of fused-ring (bicyclic) bond motifs is 1. The summed E-state index contributed by atoms with van der Waals surface area (Å²) in [6, 6.07) is 7.26. The largest absolute Gasteiger partial charge is 0.496 e. The van der Waals surface area contributed by atoms with Crippen LogP contribution in [0.3, 0.4) is 0 Å². The average molecular weight is 541 g/mol. The highest BCUT2D eigenvalue weighted by Gasteiger charge is 2.24. The van der Waals surface area contributed by atoms with E-state index in [1.807, 2.05) is 38.1 Å². The highest BCUT2D eigenvalue weighted by atomic mass is 32.1. The summed E-state index contributed by atoms with van der Waals surface area (Å²) in [5.41, 5.74) is 0.961. The summed E-state index contributed by atoms with van der Waals surface area (Å²) in [5, 5.41) is 10.8. The molecule has 0 bridgehead atoms. The molecule has 3 heterocycles. The fourth-order valence-electron chi connectivity index (χ4n) is 4.11. The van der Waals surface area contributed by atoms with Crippen molar-refractivity contribution in [2.45, 2.75) is 39.3 Å². The first-order chi connectivity index (χ1) is 18.4. The lowest BCUT2D eigenvalue weighted by atomic mass is 10.1. The molecule has 38 heavy (non-hydrogen) atoms. The van der Waals surface area contributed by atoms with Gasteiger partial charge in [-0.3, -0.25) is 18.7 Å². The maximum Gasteiger partial charge on any atom is 0.332 e. The molecule has 1 atom stereocenters. The number of nitrogens with zero attached hydrogens (tertiary/aromatic N) is 3. The Morgan fingerprint density at radius 3 is 2.68 bits per heavy atom. The number of hydrogen-bond donors (Lipinski definition) is 2. The molecule has 0 saturated carbocycles. The Bertz CT molecular complexity index is 1490. The lowest BCUT2D eigenvalue weighted by Crippen LogP contribution is -2.42. The molecule has 0 aliphatic heterocycles. The lowest BCUT2D eigenvalue weighted by molar-refractivity contribution is -0.109. The van der Waals surface area contributed by atoms with Crippen LogP contribution in [0.4, 0.5) is 0 Å². The van der Waals surface area contributed by atoms with Crippen LogP contribution in [0.15, 0.2) is 63.4 Å². The number of aromatic nitrogens is 3. The Morgan fingerprint density at radius 2 is 2.05 bits per heavy atom. The van der Waals surface area contributed by atoms with Crippen LogP contribution in [-0.4, -0.2) is 45.9 Å². The molecular formula is C27H32N4O6S. The third-order valence-electron chi connectivity index (χ3n) is 6.03. The van der Waals surface area contributed by atoms with Gasteiger partial charge >= 0.3 is 5.69 Å². The summed E-state index contributed by atoms with van der Waals surface area (Å²) in [6.07, 6.45) is 6.06. The second-order valence-corrected chi connectivity index (χ2v) is 9.42. The van der Waals surface area contributed by atoms with Crippen molar-refractivity contribution in [2.24, 2.45) is 0 Å². The number of aliphatic hydroxyl groups excluding tert-OH is 1. The maximum absolute atomic E-state index is 13.6. The first kappa shape index (κ1) is 28.6. The molecule has 1 unspecified atom stereocenters. The molecule has 11 heteroatoms. The molecule has 1 amide bonds. The summed E-state index contributed by atoms with van der Waals surface area (Å²) < 4.78 is 13.9. The van der Waals surface area contributed by atoms with Crippen molar-refractivity contribution in [1.29, 1.82) is 0 Å². The number of carbonyl (C=O) groups excluding carboxylic acids is 1. The number of rotatable bonds is 11. The number of ether oxygens (including phenoxy) is 1. The topological polar surface area (TPSA) is 129 Å². The van der Waals surface area contributed by atoms with Crippen molar-refractivity contribution >= 4 is 28.0 Å². The van der Waals surface area contributed by atoms with Crippen LogP contribution in [0.1, 0.15) is 30.5 Å². The van der Waals surface area contributed by atoms with E-state index in [0.29, 0.717) is 48.4 Å². The van der Waals surface area contributed by atoms with Crippen molar-refractivity contribution < 1.29 is 19.1 Å². The second-order valence-electron chi connectivity index (χ2n) is 8.43. The molecule has 2 N–H and O–H groups in total. The first-order valence-electron chi connectivity index (χ1n) is 12.1. The summed E-state index contributed by atoms with van der Waals surface area (Å²) in [4.78, 5) is 43.4. The van der Waals surface area contributed by atoms with Gasteiger partial charge in [0.15, 0.2) is 0 Å².